The average Bonchev–Trinajstić information content (AvgIpc) is 3.38. The van der Waals surface area contributed by atoms with E-state index in [0.717, 1.165) is 24.4 Å². The summed E-state index contributed by atoms with van der Waals surface area (Å²) in [6.45, 7) is 6.93. The lowest BCUT2D eigenvalue weighted by Gasteiger charge is -2.07. The van der Waals surface area contributed by atoms with Gasteiger partial charge in [0.2, 0.25) is 11.5 Å². The van der Waals surface area contributed by atoms with Crippen LogP contribution in [0.2, 0.25) is 0 Å². The Labute approximate surface area is 157 Å². The molecule has 0 aromatic carbocycles. The van der Waals surface area contributed by atoms with E-state index in [1.807, 2.05) is 19.9 Å². The molecule has 0 spiro atoms. The summed E-state index contributed by atoms with van der Waals surface area (Å²) in [5, 5.41) is 4.08. The van der Waals surface area contributed by atoms with Crippen LogP contribution in [0.4, 0.5) is 0 Å². The molecule has 3 heterocycles. The molecule has 3 rings (SSSR count). The minimum Gasteiger partial charge on any atom is -0.452 e. The molecule has 0 amide bonds. The second kappa shape index (κ2) is 8.07. The number of carbonyl (C=O) groups is 2. The molecule has 0 fully saturated rings. The molecule has 0 saturated heterocycles. The molecule has 0 saturated carbocycles. The van der Waals surface area contributed by atoms with Gasteiger partial charge in [-0.05, 0) is 44.5 Å². The van der Waals surface area contributed by atoms with Crippen molar-refractivity contribution in [3.63, 3.8) is 0 Å². The normalized spacial score (nSPS) is 10.9. The highest BCUT2D eigenvalue weighted by atomic mass is 16.5. The third kappa shape index (κ3) is 4.19. The lowest BCUT2D eigenvalue weighted by molar-refractivity contribution is 0.0442. The summed E-state index contributed by atoms with van der Waals surface area (Å²) >= 11 is 0. The summed E-state index contributed by atoms with van der Waals surface area (Å²) in [5.41, 5.74) is 2.51. The predicted octanol–water partition coefficient (Wildman–Crippen LogP) is 3.39. The maximum atomic E-state index is 12.5. The molecule has 3 aromatic rings. The maximum Gasteiger partial charge on any atom is 0.374 e. The van der Waals surface area contributed by atoms with Crippen molar-refractivity contribution in [3.8, 4) is 0 Å². The van der Waals surface area contributed by atoms with Crippen molar-refractivity contribution in [2.45, 2.75) is 40.3 Å². The van der Waals surface area contributed by atoms with Crippen molar-refractivity contribution in [1.29, 1.82) is 0 Å². The van der Waals surface area contributed by atoms with Crippen molar-refractivity contribution in [1.82, 2.24) is 14.3 Å². The highest BCUT2D eigenvalue weighted by Gasteiger charge is 2.19. The van der Waals surface area contributed by atoms with E-state index in [0.29, 0.717) is 17.9 Å². The van der Waals surface area contributed by atoms with Gasteiger partial charge in [-0.25, -0.2) is 4.79 Å². The minimum atomic E-state index is -0.655. The summed E-state index contributed by atoms with van der Waals surface area (Å²) < 4.78 is 14.4. The Hall–Kier alpha value is -3.09. The third-order valence-corrected chi connectivity index (χ3v) is 4.40. The second-order valence-electron chi connectivity index (χ2n) is 6.41. The second-order valence-corrected chi connectivity index (χ2v) is 6.41. The quantitative estimate of drug-likeness (QED) is 0.449. The van der Waals surface area contributed by atoms with E-state index >= 15 is 0 Å². The molecule has 7 heteroatoms. The smallest absolute Gasteiger partial charge is 0.374 e. The van der Waals surface area contributed by atoms with Gasteiger partial charge < -0.3 is 13.7 Å². The number of Topliss-reactive ketones (excluding diaryl/α,β-unsaturated/α-hetero) is 1. The van der Waals surface area contributed by atoms with E-state index in [2.05, 4.69) is 16.6 Å². The number of aromatic nitrogens is 3. The molecule has 0 aliphatic carbocycles. The van der Waals surface area contributed by atoms with E-state index in [-0.39, 0.29) is 18.2 Å². The van der Waals surface area contributed by atoms with Crippen LogP contribution in [0, 0.1) is 13.8 Å². The highest BCUT2D eigenvalue weighted by molar-refractivity contribution is 6.00. The van der Waals surface area contributed by atoms with Crippen LogP contribution in [0.3, 0.4) is 0 Å². The van der Waals surface area contributed by atoms with Gasteiger partial charge in [0.1, 0.15) is 5.76 Å². The number of ether oxygens (including phenoxy) is 1. The van der Waals surface area contributed by atoms with Crippen LogP contribution in [-0.4, -0.2) is 32.7 Å². The van der Waals surface area contributed by atoms with Gasteiger partial charge >= 0.3 is 5.97 Å². The number of carbonyl (C=O) groups excluding carboxylic acids is 2. The lowest BCUT2D eigenvalue weighted by atomic mass is 10.1. The van der Waals surface area contributed by atoms with Crippen LogP contribution < -0.4 is 0 Å². The standard InChI is InChI=1S/C20H23N3O4/c1-4-9-23-14(2)11-17(15(23)3)18(24)13-26-20(25)19-7-6-16(27-19)12-22-10-5-8-21-22/h5-8,10-11H,4,9,12-13H2,1-3H3. The molecule has 0 unspecified atom stereocenters. The Morgan fingerprint density at radius 2 is 2.07 bits per heavy atom. The largest absolute Gasteiger partial charge is 0.452 e. The van der Waals surface area contributed by atoms with Gasteiger partial charge in [0, 0.05) is 35.9 Å². The molecule has 142 valence electrons. The number of furan rings is 1. The molecule has 0 aliphatic heterocycles. The molecular formula is C20H23N3O4. The van der Waals surface area contributed by atoms with Crippen molar-refractivity contribution < 1.29 is 18.7 Å². The first-order valence-electron chi connectivity index (χ1n) is 8.92. The van der Waals surface area contributed by atoms with E-state index in [1.165, 1.54) is 0 Å². The van der Waals surface area contributed by atoms with E-state index < -0.39 is 5.97 Å². The van der Waals surface area contributed by atoms with Gasteiger partial charge in [0.25, 0.3) is 0 Å². The minimum absolute atomic E-state index is 0.0708. The first kappa shape index (κ1) is 18.7. The van der Waals surface area contributed by atoms with Crippen molar-refractivity contribution in [3.05, 3.63) is 65.1 Å². The summed E-state index contributed by atoms with van der Waals surface area (Å²) in [6, 6.07) is 6.88. The fraction of sp³-hybridized carbons (Fsp3) is 0.350. The Kier molecular flexibility index (Phi) is 5.59. The van der Waals surface area contributed by atoms with Crippen LogP contribution in [0.15, 0.2) is 41.1 Å². The molecule has 0 atom stereocenters. The lowest BCUT2D eigenvalue weighted by Crippen LogP contribution is -2.15. The van der Waals surface area contributed by atoms with Crippen molar-refractivity contribution in [2.24, 2.45) is 0 Å². The Balaban J connectivity index is 1.60. The van der Waals surface area contributed by atoms with Crippen LogP contribution in [0.5, 0.6) is 0 Å². The first-order valence-corrected chi connectivity index (χ1v) is 8.92. The first-order chi connectivity index (χ1) is 13.0. The van der Waals surface area contributed by atoms with E-state index in [4.69, 9.17) is 9.15 Å². The molecule has 3 aromatic heterocycles. The Bertz CT molecular complexity index is 935. The molecule has 27 heavy (non-hydrogen) atoms. The average molecular weight is 369 g/mol. The van der Waals surface area contributed by atoms with Crippen LogP contribution >= 0.6 is 0 Å². The van der Waals surface area contributed by atoms with Gasteiger partial charge in [-0.15, -0.1) is 0 Å². The number of esters is 1. The number of nitrogens with zero attached hydrogens (tertiary/aromatic N) is 3. The summed E-state index contributed by atoms with van der Waals surface area (Å²) in [5.74, 6) is -0.221. The molecule has 7 nitrogen and oxygen atoms in total. The number of rotatable bonds is 8. The monoisotopic (exact) mass is 369 g/mol. The Morgan fingerprint density at radius 1 is 1.26 bits per heavy atom. The fourth-order valence-corrected chi connectivity index (χ4v) is 3.06. The molecule has 0 bridgehead atoms. The van der Waals surface area contributed by atoms with Crippen molar-refractivity contribution >= 4 is 11.8 Å². The number of aryl methyl sites for hydroxylation is 1. The van der Waals surface area contributed by atoms with Gasteiger partial charge in [0.15, 0.2) is 6.61 Å². The molecule has 0 aliphatic rings. The zero-order valence-corrected chi connectivity index (χ0v) is 15.8. The topological polar surface area (TPSA) is 79.3 Å². The number of hydrogen-bond donors (Lipinski definition) is 0. The van der Waals surface area contributed by atoms with Gasteiger partial charge in [0.05, 0.1) is 6.54 Å². The SMILES string of the molecule is CCCn1c(C)cc(C(=O)COC(=O)c2ccc(Cn3cccn3)o2)c1C. The van der Waals surface area contributed by atoms with Gasteiger partial charge in [-0.2, -0.15) is 5.10 Å². The zero-order valence-electron chi connectivity index (χ0n) is 15.8. The summed E-state index contributed by atoms with van der Waals surface area (Å²) in [7, 11) is 0. The fourth-order valence-electron chi connectivity index (χ4n) is 3.06. The van der Waals surface area contributed by atoms with E-state index in [9.17, 15) is 9.59 Å². The molecule has 0 radical (unpaired) electrons. The van der Waals surface area contributed by atoms with Crippen LogP contribution in [0.1, 0.15) is 51.4 Å². The highest BCUT2D eigenvalue weighted by Crippen LogP contribution is 2.17. The zero-order chi connectivity index (χ0) is 19.4. The van der Waals surface area contributed by atoms with Crippen LogP contribution in [-0.2, 0) is 17.8 Å². The number of ketones is 1. The van der Waals surface area contributed by atoms with Gasteiger partial charge in [-0.3, -0.25) is 9.48 Å². The summed E-state index contributed by atoms with van der Waals surface area (Å²) in [4.78, 5) is 24.6. The maximum absolute atomic E-state index is 12.5. The Morgan fingerprint density at radius 3 is 2.78 bits per heavy atom. The predicted molar refractivity (Wildman–Crippen MR) is 98.8 cm³/mol. The summed E-state index contributed by atoms with van der Waals surface area (Å²) in [6.07, 6.45) is 4.45. The molecular weight excluding hydrogens is 346 g/mol. The van der Waals surface area contributed by atoms with Gasteiger partial charge in [-0.1, -0.05) is 6.92 Å². The third-order valence-electron chi connectivity index (χ3n) is 4.40. The number of hydrogen-bond acceptors (Lipinski definition) is 5. The van der Waals surface area contributed by atoms with Crippen LogP contribution in [0.25, 0.3) is 0 Å². The van der Waals surface area contributed by atoms with Crippen molar-refractivity contribution in [2.75, 3.05) is 6.61 Å². The van der Waals surface area contributed by atoms with E-state index in [1.54, 1.807) is 35.3 Å². The molecule has 0 N–H and O–H groups in total.